The molecule has 0 aliphatic carbocycles. The van der Waals surface area contributed by atoms with E-state index in [1.165, 1.54) is 11.3 Å². The number of aliphatic hydroxyl groups is 2. The zero-order chi connectivity index (χ0) is 33.5. The molecule has 45 heavy (non-hydrogen) atoms. The molecule has 3 atom stereocenters. The average molecular weight is 635 g/mol. The quantitative estimate of drug-likeness (QED) is 0.147. The Morgan fingerprint density at radius 2 is 1.71 bits per heavy atom. The van der Waals surface area contributed by atoms with E-state index in [2.05, 4.69) is 42.7 Å². The van der Waals surface area contributed by atoms with Crippen LogP contribution in [0.1, 0.15) is 66.6 Å². The van der Waals surface area contributed by atoms with Gasteiger partial charge in [0.05, 0.1) is 54.8 Å². The molecule has 4 rings (SSSR count). The Hall–Kier alpha value is -3.66. The second kappa shape index (κ2) is 23.7. The first-order chi connectivity index (χ1) is 21.9. The summed E-state index contributed by atoms with van der Waals surface area (Å²) in [6.45, 7) is 16.6. The second-order valence-corrected chi connectivity index (χ2v) is 10.7. The smallest absolute Gasteiger partial charge is 0.254 e. The van der Waals surface area contributed by atoms with Gasteiger partial charge in [-0.1, -0.05) is 112 Å². The molecule has 0 spiro atoms. The maximum Gasteiger partial charge on any atom is 0.254 e. The van der Waals surface area contributed by atoms with Crippen LogP contribution in [0.2, 0.25) is 0 Å². The number of allylic oxidation sites excluding steroid dienone is 3. The molecule has 1 aliphatic rings. The van der Waals surface area contributed by atoms with Gasteiger partial charge in [0, 0.05) is 12.4 Å². The number of aliphatic hydroxyl groups excluding tert-OH is 2. The molecule has 7 nitrogen and oxygen atoms in total. The minimum Gasteiger partial charge on any atom is -0.392 e. The number of hydrogen-bond acceptors (Lipinski definition) is 7. The van der Waals surface area contributed by atoms with Crippen LogP contribution in [0.4, 0.5) is 5.69 Å². The van der Waals surface area contributed by atoms with E-state index in [1.54, 1.807) is 13.1 Å². The first-order valence-corrected chi connectivity index (χ1v) is 16.1. The number of amides is 1. The molecule has 3 aromatic rings. The Labute approximate surface area is 273 Å². The summed E-state index contributed by atoms with van der Waals surface area (Å²) in [4.78, 5) is 17.1. The summed E-state index contributed by atoms with van der Waals surface area (Å²) in [5.74, 6) is 0.181. The monoisotopic (exact) mass is 634 g/mol. The van der Waals surface area contributed by atoms with Crippen molar-refractivity contribution in [2.24, 2.45) is 10.9 Å². The molecular formula is C37H50N2O5S. The summed E-state index contributed by atoms with van der Waals surface area (Å²) >= 11 is 1.51. The van der Waals surface area contributed by atoms with E-state index in [9.17, 15) is 4.79 Å². The summed E-state index contributed by atoms with van der Waals surface area (Å²) in [7, 11) is 1.61. The number of nitrogens with one attached hydrogen (secondary N) is 1. The highest BCUT2D eigenvalue weighted by Gasteiger charge is 2.36. The van der Waals surface area contributed by atoms with Crippen LogP contribution >= 0.6 is 11.3 Å². The highest BCUT2D eigenvalue weighted by atomic mass is 32.1. The van der Waals surface area contributed by atoms with Crippen LogP contribution in [0.15, 0.2) is 107 Å². The largest absolute Gasteiger partial charge is 0.392 e. The third kappa shape index (κ3) is 14.3. The van der Waals surface area contributed by atoms with Crippen molar-refractivity contribution >= 4 is 29.6 Å². The highest BCUT2D eigenvalue weighted by Crippen LogP contribution is 2.46. The van der Waals surface area contributed by atoms with E-state index in [-0.39, 0.29) is 31.3 Å². The molecule has 1 fully saturated rings. The van der Waals surface area contributed by atoms with E-state index in [0.717, 1.165) is 28.0 Å². The van der Waals surface area contributed by atoms with Crippen LogP contribution in [0.3, 0.4) is 0 Å². The number of carbonyl (C=O) groups excluding carboxylic acids is 1. The molecule has 0 bridgehead atoms. The van der Waals surface area contributed by atoms with Crippen molar-refractivity contribution in [1.82, 2.24) is 5.32 Å². The van der Waals surface area contributed by atoms with Crippen LogP contribution in [-0.2, 0) is 22.7 Å². The van der Waals surface area contributed by atoms with Gasteiger partial charge in [-0.2, -0.15) is 0 Å². The Balaban J connectivity index is 0.000000435. The highest BCUT2D eigenvalue weighted by molar-refractivity contribution is 7.11. The van der Waals surface area contributed by atoms with Crippen LogP contribution in [-0.4, -0.2) is 49.2 Å². The fraction of sp³-hybridized carbons (Fsp3) is 0.351. The maximum atomic E-state index is 12.0. The van der Waals surface area contributed by atoms with Gasteiger partial charge in [-0.15, -0.1) is 11.3 Å². The Morgan fingerprint density at radius 1 is 1.09 bits per heavy atom. The lowest BCUT2D eigenvalue weighted by molar-refractivity contribution is -0.0225. The fourth-order valence-corrected chi connectivity index (χ4v) is 5.38. The zero-order valence-electron chi connectivity index (χ0n) is 27.3. The molecule has 2 aromatic carbocycles. The molecule has 0 saturated carbocycles. The lowest BCUT2D eigenvalue weighted by atomic mass is 9.99. The molecule has 2 heterocycles. The predicted octanol–water partition coefficient (Wildman–Crippen LogP) is 8.00. The number of hydrogen-bond donors (Lipinski definition) is 3. The van der Waals surface area contributed by atoms with Gasteiger partial charge in [0.15, 0.2) is 0 Å². The first kappa shape index (κ1) is 39.4. The average Bonchev–Trinajstić information content (AvgIpc) is 3.69. The fourth-order valence-electron chi connectivity index (χ4n) is 4.21. The van der Waals surface area contributed by atoms with Crippen molar-refractivity contribution in [3.63, 3.8) is 0 Å². The number of carbonyl (C=O) groups is 1. The van der Waals surface area contributed by atoms with Crippen molar-refractivity contribution in [2.75, 3.05) is 20.3 Å². The van der Waals surface area contributed by atoms with Gasteiger partial charge in [-0.3, -0.25) is 9.79 Å². The van der Waals surface area contributed by atoms with Gasteiger partial charge in [0.25, 0.3) is 5.91 Å². The number of benzene rings is 2. The number of aliphatic imine (C=N–C) groups is 1. The van der Waals surface area contributed by atoms with Gasteiger partial charge in [-0.25, -0.2) is 0 Å². The van der Waals surface area contributed by atoms with Gasteiger partial charge in [0.1, 0.15) is 0 Å². The van der Waals surface area contributed by atoms with E-state index in [4.69, 9.17) is 19.7 Å². The molecule has 1 saturated heterocycles. The molecule has 1 aliphatic heterocycles. The van der Waals surface area contributed by atoms with Crippen LogP contribution < -0.4 is 5.32 Å². The summed E-state index contributed by atoms with van der Waals surface area (Å²) < 4.78 is 12.1. The zero-order valence-corrected chi connectivity index (χ0v) is 28.1. The van der Waals surface area contributed by atoms with E-state index < -0.39 is 0 Å². The summed E-state index contributed by atoms with van der Waals surface area (Å²) in [6.07, 6.45) is 8.32. The second-order valence-electron chi connectivity index (χ2n) is 9.84. The first-order valence-electron chi connectivity index (χ1n) is 15.2. The normalized spacial score (nSPS) is 16.9. The SMILES string of the molecule is C=C(/C=C\C=C/C)CO.C=Nc1c(C(=O)NC)csc1C1OC(COCc2ccccc2)C[C@@H]1C.CC.OCc1ccccc1. The lowest BCUT2D eigenvalue weighted by Crippen LogP contribution is -2.17. The van der Waals surface area contributed by atoms with Crippen molar-refractivity contribution < 1.29 is 24.5 Å². The number of ether oxygens (including phenoxy) is 2. The van der Waals surface area contributed by atoms with Crippen LogP contribution in [0.5, 0.6) is 0 Å². The van der Waals surface area contributed by atoms with E-state index in [0.29, 0.717) is 30.4 Å². The van der Waals surface area contributed by atoms with Gasteiger partial charge >= 0.3 is 0 Å². The number of nitrogens with zero attached hydrogens (tertiary/aromatic N) is 1. The molecule has 0 radical (unpaired) electrons. The van der Waals surface area contributed by atoms with Gasteiger partial charge < -0.3 is 25.0 Å². The predicted molar refractivity (Wildman–Crippen MR) is 188 cm³/mol. The Bertz CT molecular complexity index is 1300. The van der Waals surface area contributed by atoms with E-state index in [1.807, 2.05) is 92.9 Å². The minimum atomic E-state index is -0.150. The summed E-state index contributed by atoms with van der Waals surface area (Å²) in [5.41, 5.74) is 4.04. The molecular weight excluding hydrogens is 584 g/mol. The molecule has 8 heteroatoms. The maximum absolute atomic E-state index is 12.0. The van der Waals surface area contributed by atoms with E-state index >= 15 is 0 Å². The topological polar surface area (TPSA) is 100 Å². The number of rotatable bonds is 11. The lowest BCUT2D eigenvalue weighted by Gasteiger charge is -2.15. The van der Waals surface area contributed by atoms with Crippen molar-refractivity contribution in [1.29, 1.82) is 0 Å². The molecule has 1 amide bonds. The molecule has 3 N–H and O–H groups in total. The van der Waals surface area contributed by atoms with Gasteiger partial charge in [0.2, 0.25) is 0 Å². The third-order valence-corrected chi connectivity index (χ3v) is 7.48. The van der Waals surface area contributed by atoms with Crippen LogP contribution in [0.25, 0.3) is 0 Å². The Kier molecular flexibility index (Phi) is 20.7. The van der Waals surface area contributed by atoms with Crippen LogP contribution in [0, 0.1) is 5.92 Å². The minimum absolute atomic E-state index is 0.0358. The number of thiophene rings is 1. The molecule has 2 unspecified atom stereocenters. The van der Waals surface area contributed by atoms with Crippen molar-refractivity contribution in [3.05, 3.63) is 124 Å². The summed E-state index contributed by atoms with van der Waals surface area (Å²) in [6, 6.07) is 19.6. The van der Waals surface area contributed by atoms with Crippen molar-refractivity contribution in [2.45, 2.75) is 59.5 Å². The standard InChI is InChI=1S/C20H24N2O3S.C8H12O.C7H8O.C2H6/c1-13-9-15(11-24-10-14-7-5-4-6-8-14)25-18(13)19-17(21-2)16(12-26-19)20(23)22-3;1-3-4-5-6-8(2)7-9;8-6-7-4-2-1-3-5-7;1-2/h4-8,12-13,15,18H,2,9-11H2,1,3H3,(H,22,23);3-6,9H,2,7H2,1H3;1-5,8H,6H2;1-2H3/b;4-3-,6-5-;;/t13-,15?,18?;;;/m0.../s1. The Morgan fingerprint density at radius 3 is 2.22 bits per heavy atom. The summed E-state index contributed by atoms with van der Waals surface area (Å²) in [5, 5.41) is 21.5. The molecule has 244 valence electrons. The van der Waals surface area contributed by atoms with Crippen molar-refractivity contribution in [3.8, 4) is 0 Å². The molecule has 1 aromatic heterocycles. The van der Waals surface area contributed by atoms with Gasteiger partial charge in [-0.05, 0) is 42.7 Å². The third-order valence-electron chi connectivity index (χ3n) is 6.45.